The Kier molecular flexibility index (Phi) is 5.00. The zero-order valence-corrected chi connectivity index (χ0v) is 14.5. The van der Waals surface area contributed by atoms with Gasteiger partial charge in [-0.1, -0.05) is 66.4 Å². The molecule has 1 aliphatic rings. The van der Waals surface area contributed by atoms with Crippen LogP contribution in [0.4, 0.5) is 0 Å². The molecule has 0 heterocycles. The lowest BCUT2D eigenvalue weighted by molar-refractivity contribution is 0.304. The minimum Gasteiger partial charge on any atom is -0.0654 e. The van der Waals surface area contributed by atoms with Crippen LogP contribution in [0.5, 0.6) is 0 Å². The summed E-state index contributed by atoms with van der Waals surface area (Å²) >= 11 is 3.55. The van der Waals surface area contributed by atoms with Crippen LogP contribution in [0.15, 0.2) is 40.9 Å². The number of hydrogen-bond acceptors (Lipinski definition) is 0. The van der Waals surface area contributed by atoms with Crippen LogP contribution in [0.3, 0.4) is 0 Å². The third kappa shape index (κ3) is 3.69. The fourth-order valence-electron chi connectivity index (χ4n) is 3.77. The molecule has 2 aromatic rings. The molecule has 0 saturated heterocycles. The van der Waals surface area contributed by atoms with Crippen molar-refractivity contribution >= 4 is 26.7 Å². The monoisotopic (exact) mass is 344 g/mol. The minimum absolute atomic E-state index is 0.788. The summed E-state index contributed by atoms with van der Waals surface area (Å²) in [7, 11) is 0. The van der Waals surface area contributed by atoms with E-state index < -0.39 is 0 Å². The first-order valence-corrected chi connectivity index (χ1v) is 9.25. The molecule has 0 spiro atoms. The van der Waals surface area contributed by atoms with Gasteiger partial charge in [-0.3, -0.25) is 0 Å². The van der Waals surface area contributed by atoms with Gasteiger partial charge in [-0.25, -0.2) is 0 Å². The van der Waals surface area contributed by atoms with Gasteiger partial charge in [0.25, 0.3) is 0 Å². The van der Waals surface area contributed by atoms with Gasteiger partial charge >= 0.3 is 0 Å². The molecule has 1 aliphatic carbocycles. The van der Waals surface area contributed by atoms with Gasteiger partial charge in [0, 0.05) is 4.47 Å². The molecular weight excluding hydrogens is 320 g/mol. The molecule has 0 aromatic heterocycles. The fraction of sp³-hybridized carbons (Fsp3) is 0.500. The molecule has 2 aromatic carbocycles. The molecule has 0 nitrogen and oxygen atoms in total. The van der Waals surface area contributed by atoms with Crippen molar-refractivity contribution < 1.29 is 0 Å². The quantitative estimate of drug-likeness (QED) is 0.556. The summed E-state index contributed by atoms with van der Waals surface area (Å²) in [5, 5.41) is 2.72. The van der Waals surface area contributed by atoms with E-state index in [0.717, 1.165) is 11.8 Å². The Morgan fingerprint density at radius 3 is 2.43 bits per heavy atom. The highest BCUT2D eigenvalue weighted by Gasteiger charge is 2.22. The molecule has 0 atom stereocenters. The van der Waals surface area contributed by atoms with Crippen LogP contribution in [0.25, 0.3) is 10.8 Å². The largest absolute Gasteiger partial charge is 0.0654 e. The van der Waals surface area contributed by atoms with Crippen LogP contribution >= 0.6 is 15.9 Å². The molecular formula is C20H25Br. The minimum atomic E-state index is 0.788. The van der Waals surface area contributed by atoms with Crippen LogP contribution in [0.1, 0.15) is 63.4 Å². The Labute approximate surface area is 137 Å². The Morgan fingerprint density at radius 2 is 1.67 bits per heavy atom. The van der Waals surface area contributed by atoms with E-state index in [2.05, 4.69) is 59.3 Å². The Hall–Kier alpha value is -0.820. The van der Waals surface area contributed by atoms with Crippen molar-refractivity contribution in [1.29, 1.82) is 0 Å². The third-order valence-electron chi connectivity index (χ3n) is 5.11. The van der Waals surface area contributed by atoms with Crippen LogP contribution in [-0.4, -0.2) is 0 Å². The summed E-state index contributed by atoms with van der Waals surface area (Å²) in [5.74, 6) is 1.79. The van der Waals surface area contributed by atoms with E-state index in [1.165, 1.54) is 60.2 Å². The standard InChI is InChI=1S/C20H25Br/c1-2-3-4-15-5-7-16(8-6-15)17-9-10-19-14-20(21)12-11-18(19)13-17/h9-16H,2-8H2,1H3. The first kappa shape index (κ1) is 15.1. The molecule has 3 rings (SSSR count). The molecule has 0 amide bonds. The van der Waals surface area contributed by atoms with Crippen molar-refractivity contribution in [2.45, 2.75) is 57.8 Å². The van der Waals surface area contributed by atoms with Gasteiger partial charge in [0.05, 0.1) is 0 Å². The second-order valence-corrected chi connectivity index (χ2v) is 7.53. The van der Waals surface area contributed by atoms with E-state index in [0.29, 0.717) is 0 Å². The molecule has 1 heteroatoms. The van der Waals surface area contributed by atoms with E-state index >= 15 is 0 Å². The van der Waals surface area contributed by atoms with E-state index in [4.69, 9.17) is 0 Å². The Morgan fingerprint density at radius 1 is 0.952 bits per heavy atom. The molecule has 0 unspecified atom stereocenters. The summed E-state index contributed by atoms with van der Waals surface area (Å²) in [6, 6.07) is 13.6. The van der Waals surface area contributed by atoms with Gasteiger partial charge in [-0.15, -0.1) is 0 Å². The zero-order chi connectivity index (χ0) is 14.7. The van der Waals surface area contributed by atoms with Crippen molar-refractivity contribution in [1.82, 2.24) is 0 Å². The lowest BCUT2D eigenvalue weighted by Crippen LogP contribution is -2.13. The summed E-state index contributed by atoms with van der Waals surface area (Å²) in [4.78, 5) is 0. The molecule has 0 bridgehead atoms. The second kappa shape index (κ2) is 6.96. The number of unbranched alkanes of at least 4 members (excludes halogenated alkanes) is 1. The Bertz CT molecular complexity index is 594. The highest BCUT2D eigenvalue weighted by Crippen LogP contribution is 2.38. The highest BCUT2D eigenvalue weighted by atomic mass is 79.9. The number of benzene rings is 2. The summed E-state index contributed by atoms with van der Waals surface area (Å²) in [6.07, 6.45) is 9.86. The molecule has 21 heavy (non-hydrogen) atoms. The van der Waals surface area contributed by atoms with Crippen LogP contribution in [0, 0.1) is 5.92 Å². The number of halogens is 1. The molecule has 1 saturated carbocycles. The predicted molar refractivity (Wildman–Crippen MR) is 95.9 cm³/mol. The fourth-order valence-corrected chi connectivity index (χ4v) is 4.15. The molecule has 0 aliphatic heterocycles. The van der Waals surface area contributed by atoms with Crippen LogP contribution in [0.2, 0.25) is 0 Å². The molecule has 1 fully saturated rings. The summed E-state index contributed by atoms with van der Waals surface area (Å²) < 4.78 is 1.17. The average Bonchev–Trinajstić information content (AvgIpc) is 2.53. The SMILES string of the molecule is CCCCC1CCC(c2ccc3cc(Br)ccc3c2)CC1. The Balaban J connectivity index is 1.69. The van der Waals surface area contributed by atoms with Crippen molar-refractivity contribution in [2.75, 3.05) is 0 Å². The number of rotatable bonds is 4. The van der Waals surface area contributed by atoms with Gasteiger partial charge in [-0.05, 0) is 66.0 Å². The van der Waals surface area contributed by atoms with Crippen LogP contribution in [-0.2, 0) is 0 Å². The highest BCUT2D eigenvalue weighted by molar-refractivity contribution is 9.10. The topological polar surface area (TPSA) is 0 Å². The van der Waals surface area contributed by atoms with E-state index in [1.807, 2.05) is 0 Å². The smallest absolute Gasteiger partial charge is 0.0181 e. The van der Waals surface area contributed by atoms with E-state index in [9.17, 15) is 0 Å². The maximum atomic E-state index is 3.55. The maximum absolute atomic E-state index is 3.55. The number of fused-ring (bicyclic) bond motifs is 1. The van der Waals surface area contributed by atoms with Crippen molar-refractivity contribution in [3.63, 3.8) is 0 Å². The lowest BCUT2D eigenvalue weighted by atomic mass is 9.77. The van der Waals surface area contributed by atoms with Crippen molar-refractivity contribution in [3.05, 3.63) is 46.4 Å². The summed E-state index contributed by atoms with van der Waals surface area (Å²) in [5.41, 5.74) is 1.55. The van der Waals surface area contributed by atoms with Gasteiger partial charge in [0.1, 0.15) is 0 Å². The van der Waals surface area contributed by atoms with E-state index in [-0.39, 0.29) is 0 Å². The zero-order valence-electron chi connectivity index (χ0n) is 12.9. The van der Waals surface area contributed by atoms with Crippen LogP contribution < -0.4 is 0 Å². The average molecular weight is 345 g/mol. The third-order valence-corrected chi connectivity index (χ3v) is 5.60. The first-order valence-electron chi connectivity index (χ1n) is 8.45. The second-order valence-electron chi connectivity index (χ2n) is 6.61. The van der Waals surface area contributed by atoms with Gasteiger partial charge in [0.2, 0.25) is 0 Å². The lowest BCUT2D eigenvalue weighted by Gasteiger charge is -2.29. The van der Waals surface area contributed by atoms with Crippen molar-refractivity contribution in [3.8, 4) is 0 Å². The van der Waals surface area contributed by atoms with Crippen molar-refractivity contribution in [2.24, 2.45) is 5.92 Å². The molecule has 112 valence electrons. The molecule has 0 radical (unpaired) electrons. The first-order chi connectivity index (χ1) is 10.3. The predicted octanol–water partition coefficient (Wildman–Crippen LogP) is 7.07. The maximum Gasteiger partial charge on any atom is 0.0181 e. The summed E-state index contributed by atoms with van der Waals surface area (Å²) in [6.45, 7) is 2.30. The van der Waals surface area contributed by atoms with Gasteiger partial charge < -0.3 is 0 Å². The number of hydrogen-bond donors (Lipinski definition) is 0. The van der Waals surface area contributed by atoms with Gasteiger partial charge in [0.15, 0.2) is 0 Å². The normalized spacial score (nSPS) is 22.6. The van der Waals surface area contributed by atoms with E-state index in [1.54, 1.807) is 5.56 Å². The van der Waals surface area contributed by atoms with Gasteiger partial charge in [-0.2, -0.15) is 0 Å². The molecule has 0 N–H and O–H groups in total.